The van der Waals surface area contributed by atoms with Crippen LogP contribution in [0.15, 0.2) is 78.9 Å². The van der Waals surface area contributed by atoms with E-state index in [1.54, 1.807) is 0 Å². The zero-order valence-electron chi connectivity index (χ0n) is 40.3. The number of pyridine rings is 1. The van der Waals surface area contributed by atoms with Gasteiger partial charge >= 0.3 is 6.03 Å². The predicted octanol–water partition coefficient (Wildman–Crippen LogP) is 8.16. The first-order chi connectivity index (χ1) is 34.8. The Morgan fingerprint density at radius 3 is 2.38 bits per heavy atom. The number of hydrogen-bond donors (Lipinski definition) is 4. The molecule has 378 valence electrons. The average molecular weight is 1000 g/mol. The van der Waals surface area contributed by atoms with Crippen LogP contribution in [-0.4, -0.2) is 108 Å². The van der Waals surface area contributed by atoms with E-state index >= 15 is 8.78 Å². The number of rotatable bonds is 13. The lowest BCUT2D eigenvalue weighted by Gasteiger charge is -2.43. The highest BCUT2D eigenvalue weighted by Gasteiger charge is 2.50. The highest BCUT2D eigenvalue weighted by molar-refractivity contribution is 6.34. The number of carbonyl (C=O) groups is 4. The smallest absolute Gasteiger partial charge is 0.329 e. The van der Waals surface area contributed by atoms with Crippen molar-refractivity contribution in [3.63, 3.8) is 0 Å². The van der Waals surface area contributed by atoms with Gasteiger partial charge in [-0.1, -0.05) is 54.9 Å². The van der Waals surface area contributed by atoms with E-state index in [0.717, 1.165) is 94.0 Å². The molecule has 0 unspecified atom stereocenters. The molecule has 72 heavy (non-hydrogen) atoms. The first kappa shape index (κ1) is 49.4. The van der Waals surface area contributed by atoms with E-state index in [2.05, 4.69) is 32.6 Å². The van der Waals surface area contributed by atoms with Gasteiger partial charge in [0.25, 0.3) is 0 Å². The van der Waals surface area contributed by atoms with Gasteiger partial charge in [-0.05, 0) is 118 Å². The molecule has 2 atom stereocenters. The van der Waals surface area contributed by atoms with Gasteiger partial charge in [0.15, 0.2) is 17.2 Å². The number of likely N-dealkylation sites (tertiary alicyclic amines) is 2. The number of carbonyl (C=O) groups excluding carboxylic acids is 4. The first-order valence-electron chi connectivity index (χ1n) is 25.2. The number of benzene rings is 4. The number of aliphatic hydroxyl groups is 1. The van der Waals surface area contributed by atoms with Crippen molar-refractivity contribution in [3.8, 4) is 22.6 Å². The summed E-state index contributed by atoms with van der Waals surface area (Å²) in [6.45, 7) is 5.46. The highest BCUT2D eigenvalue weighted by Crippen LogP contribution is 2.56. The normalized spacial score (nSPS) is 23.2. The Bertz CT molecular complexity index is 2890. The van der Waals surface area contributed by atoms with Crippen LogP contribution < -0.4 is 30.7 Å². The number of primary amides is 1. The second-order valence-corrected chi connectivity index (χ2v) is 20.3. The largest absolute Gasteiger partial charge is 0.488 e. The van der Waals surface area contributed by atoms with Crippen molar-refractivity contribution in [1.29, 1.82) is 0 Å². The molecule has 3 saturated heterocycles. The van der Waals surface area contributed by atoms with E-state index in [1.165, 1.54) is 28.7 Å². The number of urea groups is 1. The summed E-state index contributed by atoms with van der Waals surface area (Å²) in [6.07, 6.45) is 7.34. The Hall–Kier alpha value is -6.20. The van der Waals surface area contributed by atoms with E-state index in [9.17, 15) is 24.3 Å². The van der Waals surface area contributed by atoms with Crippen molar-refractivity contribution in [2.45, 2.75) is 94.2 Å². The minimum absolute atomic E-state index is 0.0499. The number of piperidine rings is 2. The molecule has 5 aliphatic rings. The van der Waals surface area contributed by atoms with Crippen molar-refractivity contribution in [2.75, 3.05) is 57.4 Å². The minimum Gasteiger partial charge on any atom is -0.488 e. The summed E-state index contributed by atoms with van der Waals surface area (Å²) in [6, 6.07) is 23.6. The van der Waals surface area contributed by atoms with Crippen LogP contribution in [0.3, 0.4) is 0 Å². The van der Waals surface area contributed by atoms with Gasteiger partial charge < -0.3 is 35.4 Å². The molecular weight excluding hydrogens is 944 g/mol. The number of aromatic nitrogens is 1. The van der Waals surface area contributed by atoms with Crippen LogP contribution in [0.25, 0.3) is 22.0 Å². The van der Waals surface area contributed by atoms with Crippen LogP contribution in [0.5, 0.6) is 11.5 Å². The molecule has 5 heterocycles. The van der Waals surface area contributed by atoms with Gasteiger partial charge in [-0.2, -0.15) is 0 Å². The average Bonchev–Trinajstić information content (AvgIpc) is 3.68. The maximum Gasteiger partial charge on any atom is 0.329 e. The van der Waals surface area contributed by atoms with Gasteiger partial charge in [0.1, 0.15) is 24.0 Å². The van der Waals surface area contributed by atoms with Crippen molar-refractivity contribution in [3.05, 3.63) is 118 Å². The third-order valence-electron chi connectivity index (χ3n) is 15.9. The zero-order valence-corrected chi connectivity index (χ0v) is 41.1. The number of imide groups is 1. The van der Waals surface area contributed by atoms with Crippen LogP contribution >= 0.6 is 11.6 Å². The molecule has 17 heteroatoms. The topological polar surface area (TPSA) is 180 Å². The number of amides is 5. The fourth-order valence-electron chi connectivity index (χ4n) is 12.0. The van der Waals surface area contributed by atoms with Crippen LogP contribution in [0.4, 0.5) is 19.4 Å². The van der Waals surface area contributed by atoms with E-state index < -0.39 is 40.1 Å². The van der Waals surface area contributed by atoms with Crippen molar-refractivity contribution < 1.29 is 42.5 Å². The van der Waals surface area contributed by atoms with E-state index in [1.807, 2.05) is 55.5 Å². The lowest BCUT2D eigenvalue weighted by Crippen LogP contribution is -2.51. The Balaban J connectivity index is 0.742. The second kappa shape index (κ2) is 20.7. The number of fused-ring (bicyclic) bond motifs is 2. The van der Waals surface area contributed by atoms with Crippen molar-refractivity contribution >= 4 is 52.1 Å². The predicted molar refractivity (Wildman–Crippen MR) is 269 cm³/mol. The number of nitrogens with one attached hydrogen (secondary N) is 2. The number of ether oxygens (including phenoxy) is 2. The molecule has 4 aliphatic heterocycles. The molecule has 4 aromatic carbocycles. The molecule has 0 radical (unpaired) electrons. The van der Waals surface area contributed by atoms with Crippen LogP contribution in [-0.2, 0) is 15.2 Å². The summed E-state index contributed by atoms with van der Waals surface area (Å²) >= 11 is 6.73. The Labute approximate surface area is 422 Å². The molecule has 5 N–H and O–H groups in total. The number of halogens is 3. The Morgan fingerprint density at radius 2 is 1.67 bits per heavy atom. The number of nitrogens with two attached hydrogens (primary N) is 1. The molecule has 0 spiro atoms. The molecular formula is C55H60ClF2N7O7. The lowest BCUT2D eigenvalue weighted by molar-refractivity contribution is -0.138. The summed E-state index contributed by atoms with van der Waals surface area (Å²) in [7, 11) is 0. The van der Waals surface area contributed by atoms with Gasteiger partial charge in [0.2, 0.25) is 17.7 Å². The molecule has 5 aromatic rings. The van der Waals surface area contributed by atoms with Crippen LogP contribution in [0.1, 0.15) is 104 Å². The quantitative estimate of drug-likeness (QED) is 0.0900. The van der Waals surface area contributed by atoms with Gasteiger partial charge in [-0.3, -0.25) is 24.6 Å². The fraction of sp³-hybridized carbons (Fsp3) is 0.436. The number of hydrogen-bond acceptors (Lipinski definition) is 10. The third-order valence-corrected chi connectivity index (χ3v) is 16.3. The van der Waals surface area contributed by atoms with Crippen molar-refractivity contribution in [1.82, 2.24) is 25.4 Å². The van der Waals surface area contributed by atoms with E-state index in [0.29, 0.717) is 36.4 Å². The highest BCUT2D eigenvalue weighted by atomic mass is 35.5. The molecule has 5 amide bonds. The number of aliphatic hydroxyl groups excluding tert-OH is 1. The Kier molecular flexibility index (Phi) is 14.2. The molecule has 10 rings (SSSR count). The summed E-state index contributed by atoms with van der Waals surface area (Å²) in [5.41, 5.74) is 7.43. The van der Waals surface area contributed by atoms with Gasteiger partial charge in [0, 0.05) is 84.7 Å². The number of nitrogens with zero attached hydrogens (tertiary/aromatic N) is 4. The van der Waals surface area contributed by atoms with Crippen molar-refractivity contribution in [2.24, 2.45) is 11.7 Å². The van der Waals surface area contributed by atoms with E-state index in [-0.39, 0.29) is 71.6 Å². The summed E-state index contributed by atoms with van der Waals surface area (Å²) in [5, 5.41) is 16.1. The van der Waals surface area contributed by atoms with Gasteiger partial charge in [-0.25, -0.2) is 18.6 Å². The SMILES string of the molecule is C[C@H]1c2c(cc(F)c(Cl)c2-c2c(C(N)=O)ccc(OCCO)c2F)O[C@]1(CNC1CCC(C(=O)N2CCC(N3CCC(c4ccc5nc(N6CCC(=O)NC6=O)ccc5c4)CC3)CC2)CC1)c1ccccc1. The monoisotopic (exact) mass is 1000 g/mol. The molecule has 1 aromatic heterocycles. The molecule has 14 nitrogen and oxygen atoms in total. The molecule has 4 fully saturated rings. The maximum atomic E-state index is 16.5. The van der Waals surface area contributed by atoms with E-state index in [4.69, 9.17) is 31.8 Å². The first-order valence-corrected chi connectivity index (χ1v) is 25.6. The fourth-order valence-corrected chi connectivity index (χ4v) is 12.2. The molecule has 1 saturated carbocycles. The lowest BCUT2D eigenvalue weighted by atomic mass is 9.77. The van der Waals surface area contributed by atoms with Gasteiger partial charge in [-0.15, -0.1) is 0 Å². The van der Waals surface area contributed by atoms with Gasteiger partial charge in [0.05, 0.1) is 22.7 Å². The number of anilines is 1. The van der Waals surface area contributed by atoms with Crippen LogP contribution in [0.2, 0.25) is 5.02 Å². The summed E-state index contributed by atoms with van der Waals surface area (Å²) in [5.74, 6) is -2.52. The standard InChI is InChI=1S/C55H60ClF2N7O7/c1-32-47-44(30-41(57)50(56)49(47)48-40(52(59)68)13-15-43(51(48)58)71-28-27-66)72-55(32,37-5-3-2-4-6-37)31-60-38-11-7-34(8-12-38)53(69)64-24-19-39(20-25-64)63-22-17-33(18-23-63)35-9-14-42-36(29-35)10-16-45(61-42)65-26-21-46(67)62-54(65)70/h2-6,9-10,13-16,29-30,32-34,38-39,60,66H,7-8,11-12,17-28,31H2,1H3,(H2,59,68)(H,62,67,70)/t32-,34?,38?,55-/m0/s1. The molecule has 1 aliphatic carbocycles. The maximum absolute atomic E-state index is 16.5. The summed E-state index contributed by atoms with van der Waals surface area (Å²) < 4.78 is 44.6. The second-order valence-electron chi connectivity index (χ2n) is 19.9. The zero-order chi connectivity index (χ0) is 50.3. The third kappa shape index (κ3) is 9.49. The van der Waals surface area contributed by atoms with Crippen LogP contribution in [0, 0.1) is 17.6 Å². The minimum atomic E-state index is -1.10. The summed E-state index contributed by atoms with van der Waals surface area (Å²) in [4.78, 5) is 61.7. The molecule has 0 bridgehead atoms. The Morgan fingerprint density at radius 1 is 0.917 bits per heavy atom.